The molecule has 10 heteroatoms. The molecule has 0 bridgehead atoms. The number of aliphatic imine (C=N–C) groups is 1. The maximum absolute atomic E-state index is 12.1. The predicted molar refractivity (Wildman–Crippen MR) is 133 cm³/mol. The molecule has 2 heterocycles. The quantitative estimate of drug-likeness (QED) is 0.276. The molecule has 3 aromatic rings. The second-order valence-electron chi connectivity index (χ2n) is 6.95. The fourth-order valence-corrected chi connectivity index (χ4v) is 6.21. The van der Waals surface area contributed by atoms with E-state index in [2.05, 4.69) is 47.2 Å². The van der Waals surface area contributed by atoms with Gasteiger partial charge in [0.25, 0.3) is 0 Å². The third kappa shape index (κ3) is 6.07. The van der Waals surface area contributed by atoms with Crippen molar-refractivity contribution in [3.8, 4) is 5.75 Å². The normalized spacial score (nSPS) is 16.4. The lowest BCUT2D eigenvalue weighted by atomic mass is 10.2. The summed E-state index contributed by atoms with van der Waals surface area (Å²) in [5, 5.41) is 12.7. The van der Waals surface area contributed by atoms with Crippen LogP contribution >= 0.6 is 55.0 Å². The molecule has 1 atom stereocenters. The summed E-state index contributed by atoms with van der Waals surface area (Å²) < 4.78 is 8.60. The zero-order valence-electron chi connectivity index (χ0n) is 16.3. The number of nitrogens with zero attached hydrogens (tertiary/aromatic N) is 2. The van der Waals surface area contributed by atoms with Gasteiger partial charge in [0.2, 0.25) is 5.91 Å². The molecular formula is C21H19Br2N3O3S2. The van der Waals surface area contributed by atoms with Crippen LogP contribution in [0.1, 0.15) is 18.4 Å². The summed E-state index contributed by atoms with van der Waals surface area (Å²) in [6.45, 7) is 1.37. The van der Waals surface area contributed by atoms with Crippen molar-refractivity contribution in [2.24, 2.45) is 4.99 Å². The van der Waals surface area contributed by atoms with Gasteiger partial charge in [0.15, 0.2) is 4.34 Å². The number of nitrogens with one attached hydrogen (secondary N) is 1. The zero-order chi connectivity index (χ0) is 21.8. The number of carbonyl (C=O) groups excluding carboxylic acids is 1. The fourth-order valence-electron chi connectivity index (χ4n) is 3.05. The molecule has 1 aliphatic heterocycles. The van der Waals surface area contributed by atoms with E-state index in [1.807, 2.05) is 18.2 Å². The number of hydrogen-bond acceptors (Lipinski definition) is 7. The van der Waals surface area contributed by atoms with Crippen molar-refractivity contribution in [3.05, 3.63) is 44.8 Å². The van der Waals surface area contributed by atoms with Crippen LogP contribution in [-0.2, 0) is 9.53 Å². The van der Waals surface area contributed by atoms with E-state index in [-0.39, 0.29) is 17.8 Å². The molecule has 1 fully saturated rings. The molecule has 6 nitrogen and oxygen atoms in total. The minimum absolute atomic E-state index is 0.00346. The van der Waals surface area contributed by atoms with Gasteiger partial charge in [-0.15, -0.1) is 11.3 Å². The number of aromatic nitrogens is 1. The highest BCUT2D eigenvalue weighted by molar-refractivity contribution is 9.11. The summed E-state index contributed by atoms with van der Waals surface area (Å²) >= 11 is 9.64. The minimum atomic E-state index is -0.00346. The van der Waals surface area contributed by atoms with Gasteiger partial charge in [0, 0.05) is 19.4 Å². The van der Waals surface area contributed by atoms with Crippen LogP contribution in [0.25, 0.3) is 10.2 Å². The van der Waals surface area contributed by atoms with Gasteiger partial charge in [-0.2, -0.15) is 0 Å². The number of carbonyl (C=O) groups is 1. The number of hydrogen-bond donors (Lipinski definition) is 2. The van der Waals surface area contributed by atoms with Crippen molar-refractivity contribution in [1.29, 1.82) is 0 Å². The molecule has 1 amide bonds. The highest BCUT2D eigenvalue weighted by atomic mass is 79.9. The molecule has 0 radical (unpaired) electrons. The first-order valence-corrected chi connectivity index (χ1v) is 13.0. The Morgan fingerprint density at radius 2 is 2.16 bits per heavy atom. The van der Waals surface area contributed by atoms with E-state index < -0.39 is 0 Å². The van der Waals surface area contributed by atoms with E-state index in [0.717, 1.165) is 45.3 Å². The highest BCUT2D eigenvalue weighted by Gasteiger charge is 2.16. The van der Waals surface area contributed by atoms with Gasteiger partial charge in [-0.05, 0) is 80.6 Å². The maximum Gasteiger partial charge on any atom is 0.230 e. The lowest BCUT2D eigenvalue weighted by molar-refractivity contribution is -0.119. The molecule has 0 aliphatic carbocycles. The number of ether oxygens (including phenoxy) is 1. The number of phenolic OH excluding ortho intramolecular Hbond substituents is 1. The van der Waals surface area contributed by atoms with Crippen molar-refractivity contribution in [1.82, 2.24) is 10.3 Å². The van der Waals surface area contributed by atoms with Crippen LogP contribution in [0, 0.1) is 0 Å². The minimum Gasteiger partial charge on any atom is -0.506 e. The summed E-state index contributed by atoms with van der Waals surface area (Å²) in [5.41, 5.74) is 2.55. The van der Waals surface area contributed by atoms with E-state index in [0.29, 0.717) is 21.2 Å². The Kier molecular flexibility index (Phi) is 7.65. The van der Waals surface area contributed by atoms with Crippen LogP contribution in [0.2, 0.25) is 0 Å². The average molecular weight is 585 g/mol. The van der Waals surface area contributed by atoms with E-state index in [4.69, 9.17) is 4.74 Å². The Bertz CT molecular complexity index is 1110. The second-order valence-corrected chi connectivity index (χ2v) is 10.9. The lowest BCUT2D eigenvalue weighted by Crippen LogP contribution is -2.32. The zero-order valence-corrected chi connectivity index (χ0v) is 21.1. The molecule has 1 aromatic heterocycles. The van der Waals surface area contributed by atoms with E-state index in [1.165, 1.54) is 11.8 Å². The number of phenols is 1. The summed E-state index contributed by atoms with van der Waals surface area (Å²) in [4.78, 5) is 21.2. The molecule has 162 valence electrons. The largest absolute Gasteiger partial charge is 0.506 e. The fraction of sp³-hybridized carbons (Fsp3) is 0.286. The van der Waals surface area contributed by atoms with Crippen molar-refractivity contribution in [2.45, 2.75) is 23.3 Å². The summed E-state index contributed by atoms with van der Waals surface area (Å²) in [6, 6.07) is 9.42. The van der Waals surface area contributed by atoms with Crippen LogP contribution in [-0.4, -0.2) is 47.2 Å². The summed E-state index contributed by atoms with van der Waals surface area (Å²) in [6.07, 6.45) is 3.97. The van der Waals surface area contributed by atoms with Crippen LogP contribution in [0.5, 0.6) is 5.75 Å². The first-order valence-electron chi connectivity index (χ1n) is 9.62. The van der Waals surface area contributed by atoms with Gasteiger partial charge in [0.1, 0.15) is 5.75 Å². The van der Waals surface area contributed by atoms with Crippen molar-refractivity contribution >= 4 is 83.0 Å². The monoisotopic (exact) mass is 583 g/mol. The molecular weight excluding hydrogens is 566 g/mol. The van der Waals surface area contributed by atoms with Gasteiger partial charge in [-0.25, -0.2) is 4.98 Å². The van der Waals surface area contributed by atoms with Gasteiger partial charge in [-0.1, -0.05) is 11.8 Å². The molecule has 0 spiro atoms. The lowest BCUT2D eigenvalue weighted by Gasteiger charge is -2.09. The maximum atomic E-state index is 12.1. The first kappa shape index (κ1) is 22.7. The van der Waals surface area contributed by atoms with E-state index in [9.17, 15) is 9.90 Å². The van der Waals surface area contributed by atoms with Crippen LogP contribution < -0.4 is 5.32 Å². The second kappa shape index (κ2) is 10.4. The predicted octanol–water partition coefficient (Wildman–Crippen LogP) is 5.66. The first-order chi connectivity index (χ1) is 15.0. The summed E-state index contributed by atoms with van der Waals surface area (Å²) in [5.74, 6) is 0.493. The van der Waals surface area contributed by atoms with Crippen molar-refractivity contribution in [3.63, 3.8) is 0 Å². The average Bonchev–Trinajstić information content (AvgIpc) is 3.42. The van der Waals surface area contributed by atoms with Crippen molar-refractivity contribution in [2.75, 3.05) is 18.9 Å². The van der Waals surface area contributed by atoms with Gasteiger partial charge >= 0.3 is 0 Å². The molecule has 1 unspecified atom stereocenters. The Labute approximate surface area is 204 Å². The van der Waals surface area contributed by atoms with E-state index in [1.54, 1.807) is 29.7 Å². The third-order valence-electron chi connectivity index (χ3n) is 4.63. The van der Waals surface area contributed by atoms with Gasteiger partial charge < -0.3 is 15.2 Å². The number of rotatable bonds is 7. The van der Waals surface area contributed by atoms with Crippen LogP contribution in [0.15, 0.2) is 48.6 Å². The SMILES string of the molecule is O=C(CSc1nc2ccc(N=Cc3cc(Br)c(O)c(Br)c3)cc2s1)NCC1CCCO1. The molecule has 2 aromatic carbocycles. The Balaban J connectivity index is 1.37. The summed E-state index contributed by atoms with van der Waals surface area (Å²) in [7, 11) is 0. The Morgan fingerprint density at radius 3 is 2.90 bits per heavy atom. The van der Waals surface area contributed by atoms with E-state index >= 15 is 0 Å². The van der Waals surface area contributed by atoms with Crippen LogP contribution in [0.3, 0.4) is 0 Å². The number of fused-ring (bicyclic) bond motifs is 1. The number of thioether (sulfide) groups is 1. The van der Waals surface area contributed by atoms with Crippen molar-refractivity contribution < 1.29 is 14.6 Å². The molecule has 1 saturated heterocycles. The third-order valence-corrected chi connectivity index (χ3v) is 8.00. The molecule has 4 rings (SSSR count). The van der Waals surface area contributed by atoms with Gasteiger partial charge in [-0.3, -0.25) is 9.79 Å². The smallest absolute Gasteiger partial charge is 0.230 e. The number of amides is 1. The topological polar surface area (TPSA) is 83.8 Å². The Hall–Kier alpha value is -1.46. The number of thiazole rings is 1. The molecule has 2 N–H and O–H groups in total. The molecule has 31 heavy (non-hydrogen) atoms. The number of aromatic hydroxyl groups is 1. The highest BCUT2D eigenvalue weighted by Crippen LogP contribution is 2.34. The standard InChI is InChI=1S/C21H19Br2N3O3S2/c22-15-6-12(7-16(23)20(15)28)9-24-13-3-4-17-18(8-13)31-21(26-17)30-11-19(27)25-10-14-2-1-5-29-14/h3-4,6-9,14,28H,1-2,5,10-11H2,(H,25,27). The number of benzene rings is 2. The number of halogens is 2. The molecule has 1 aliphatic rings. The molecule has 0 saturated carbocycles. The van der Waals surface area contributed by atoms with Gasteiger partial charge in [0.05, 0.1) is 36.7 Å². The Morgan fingerprint density at radius 1 is 1.35 bits per heavy atom. The van der Waals surface area contributed by atoms with Crippen LogP contribution in [0.4, 0.5) is 5.69 Å².